The monoisotopic (exact) mass is 305 g/mol. The van der Waals surface area contributed by atoms with E-state index in [0.29, 0.717) is 22.5 Å². The molecule has 0 saturated heterocycles. The van der Waals surface area contributed by atoms with Crippen LogP contribution in [0.4, 0.5) is 0 Å². The summed E-state index contributed by atoms with van der Waals surface area (Å²) in [4.78, 5) is 27.8. The van der Waals surface area contributed by atoms with Crippen LogP contribution >= 0.6 is 11.6 Å². The average Bonchev–Trinajstić information content (AvgIpc) is 2.80. The van der Waals surface area contributed by atoms with Crippen molar-refractivity contribution < 1.29 is 14.3 Å². The molecule has 2 aromatic rings. The summed E-state index contributed by atoms with van der Waals surface area (Å²) in [6.07, 6.45) is 0. The highest BCUT2D eigenvalue weighted by atomic mass is 35.5. The number of aryl methyl sites for hydroxylation is 2. The Morgan fingerprint density at radius 3 is 2.38 bits per heavy atom. The number of methoxy groups -OCH3 is 1. The van der Waals surface area contributed by atoms with Crippen molar-refractivity contribution in [2.45, 2.75) is 19.7 Å². The molecule has 0 fully saturated rings. The average molecular weight is 306 g/mol. The molecular weight excluding hydrogens is 290 g/mol. The molecule has 5 heteroatoms. The van der Waals surface area contributed by atoms with Crippen LogP contribution < -0.4 is 0 Å². The molecule has 21 heavy (non-hydrogen) atoms. The third-order valence-electron chi connectivity index (χ3n) is 3.40. The van der Waals surface area contributed by atoms with Crippen molar-refractivity contribution in [2.75, 3.05) is 7.11 Å². The summed E-state index contributed by atoms with van der Waals surface area (Å²) in [5.74, 6) is -0.519. The molecule has 110 valence electrons. The molecule has 1 N–H and O–H groups in total. The number of H-pyrrole nitrogens is 1. The second-order valence-corrected chi connectivity index (χ2v) is 5.00. The molecule has 0 spiro atoms. The van der Waals surface area contributed by atoms with Crippen molar-refractivity contribution in [3.63, 3.8) is 0 Å². The maximum absolute atomic E-state index is 12.8. The quantitative estimate of drug-likeness (QED) is 0.535. The number of nitrogens with one attached hydrogen (secondary N) is 1. The Morgan fingerprint density at radius 2 is 1.76 bits per heavy atom. The molecule has 1 aromatic heterocycles. The van der Waals surface area contributed by atoms with Gasteiger partial charge in [0.25, 0.3) is 0 Å². The summed E-state index contributed by atoms with van der Waals surface area (Å²) in [5.41, 5.74) is 3.12. The molecule has 1 aromatic carbocycles. The molecule has 0 aliphatic rings. The third-order valence-corrected chi connectivity index (χ3v) is 3.69. The van der Waals surface area contributed by atoms with Crippen LogP contribution in [0.5, 0.6) is 0 Å². The first-order valence-electron chi connectivity index (χ1n) is 6.47. The SMILES string of the molecule is COC(=O)c1c(C)[nH]c(C)c1C(=O)c1ccccc1CCl. The van der Waals surface area contributed by atoms with Gasteiger partial charge < -0.3 is 9.72 Å². The third kappa shape index (κ3) is 2.72. The summed E-state index contributed by atoms with van der Waals surface area (Å²) < 4.78 is 4.78. The van der Waals surface area contributed by atoms with E-state index in [-0.39, 0.29) is 17.2 Å². The van der Waals surface area contributed by atoms with Gasteiger partial charge in [0.1, 0.15) is 0 Å². The van der Waals surface area contributed by atoms with E-state index in [1.54, 1.807) is 32.0 Å². The van der Waals surface area contributed by atoms with Gasteiger partial charge in [-0.25, -0.2) is 4.79 Å². The first kappa shape index (κ1) is 15.3. The van der Waals surface area contributed by atoms with Gasteiger partial charge in [-0.15, -0.1) is 11.6 Å². The van der Waals surface area contributed by atoms with Crippen molar-refractivity contribution >= 4 is 23.4 Å². The van der Waals surface area contributed by atoms with Crippen LogP contribution in [0.2, 0.25) is 0 Å². The Bertz CT molecular complexity index is 704. The van der Waals surface area contributed by atoms with Crippen molar-refractivity contribution in [2.24, 2.45) is 0 Å². The van der Waals surface area contributed by atoms with E-state index in [0.717, 1.165) is 5.56 Å². The predicted octanol–water partition coefficient (Wildman–Crippen LogP) is 3.39. The Balaban J connectivity index is 2.61. The Kier molecular flexibility index (Phi) is 4.48. The number of carbonyl (C=O) groups is 2. The fourth-order valence-corrected chi connectivity index (χ4v) is 2.65. The molecular formula is C16H16ClNO3. The number of benzene rings is 1. The van der Waals surface area contributed by atoms with Crippen molar-refractivity contribution in [3.8, 4) is 0 Å². The second kappa shape index (κ2) is 6.14. The molecule has 4 nitrogen and oxygen atoms in total. The van der Waals surface area contributed by atoms with E-state index < -0.39 is 5.97 Å². The van der Waals surface area contributed by atoms with Gasteiger partial charge in [-0.05, 0) is 19.4 Å². The number of hydrogen-bond acceptors (Lipinski definition) is 3. The molecule has 0 atom stereocenters. The first-order valence-corrected chi connectivity index (χ1v) is 7.00. The number of alkyl halides is 1. The summed E-state index contributed by atoms with van der Waals surface area (Å²) >= 11 is 5.89. The lowest BCUT2D eigenvalue weighted by molar-refractivity contribution is 0.0597. The van der Waals surface area contributed by atoms with Crippen LogP contribution in [0.3, 0.4) is 0 Å². The number of hydrogen-bond donors (Lipinski definition) is 1. The summed E-state index contributed by atoms with van der Waals surface area (Å²) in [7, 11) is 1.30. The number of ketones is 1. The van der Waals surface area contributed by atoms with Gasteiger partial charge in [0, 0.05) is 22.8 Å². The number of esters is 1. The summed E-state index contributed by atoms with van der Waals surface area (Å²) in [6.45, 7) is 3.50. The van der Waals surface area contributed by atoms with E-state index in [1.165, 1.54) is 7.11 Å². The number of carbonyl (C=O) groups excluding carboxylic acids is 2. The Hall–Kier alpha value is -2.07. The highest BCUT2D eigenvalue weighted by Crippen LogP contribution is 2.24. The van der Waals surface area contributed by atoms with Gasteiger partial charge in [0.05, 0.1) is 18.2 Å². The minimum atomic E-state index is -0.524. The van der Waals surface area contributed by atoms with Crippen LogP contribution in [0.25, 0.3) is 0 Å². The highest BCUT2D eigenvalue weighted by molar-refractivity contribution is 6.20. The molecule has 0 amide bonds. The fraction of sp³-hybridized carbons (Fsp3) is 0.250. The zero-order valence-electron chi connectivity index (χ0n) is 12.1. The van der Waals surface area contributed by atoms with Gasteiger partial charge in [0.15, 0.2) is 5.78 Å². The normalized spacial score (nSPS) is 10.5. The standard InChI is InChI=1S/C16H16ClNO3/c1-9-13(14(10(2)18-9)16(20)21-3)15(19)12-7-5-4-6-11(12)8-17/h4-7,18H,8H2,1-3H3. The Labute approximate surface area is 128 Å². The van der Waals surface area contributed by atoms with Crippen molar-refractivity contribution in [1.82, 2.24) is 4.98 Å². The minimum Gasteiger partial charge on any atom is -0.465 e. The maximum Gasteiger partial charge on any atom is 0.340 e. The Morgan fingerprint density at radius 1 is 1.14 bits per heavy atom. The maximum atomic E-state index is 12.8. The lowest BCUT2D eigenvalue weighted by atomic mass is 9.96. The predicted molar refractivity (Wildman–Crippen MR) is 81.0 cm³/mol. The van der Waals surface area contributed by atoms with Crippen LogP contribution in [-0.2, 0) is 10.6 Å². The van der Waals surface area contributed by atoms with Gasteiger partial charge in [-0.3, -0.25) is 4.79 Å². The topological polar surface area (TPSA) is 59.2 Å². The molecule has 0 bridgehead atoms. The number of rotatable bonds is 4. The lowest BCUT2D eigenvalue weighted by Crippen LogP contribution is -2.12. The summed E-state index contributed by atoms with van der Waals surface area (Å²) in [6, 6.07) is 7.11. The van der Waals surface area contributed by atoms with E-state index in [4.69, 9.17) is 16.3 Å². The molecule has 0 radical (unpaired) electrons. The fourth-order valence-electron chi connectivity index (χ4n) is 2.42. The number of halogens is 1. The van der Waals surface area contributed by atoms with Crippen molar-refractivity contribution in [3.05, 3.63) is 57.9 Å². The summed E-state index contributed by atoms with van der Waals surface area (Å²) in [5, 5.41) is 0. The van der Waals surface area contributed by atoms with Crippen LogP contribution in [0.15, 0.2) is 24.3 Å². The molecule has 0 aliphatic carbocycles. The molecule has 0 saturated carbocycles. The van der Waals surface area contributed by atoms with Crippen LogP contribution in [0.1, 0.15) is 43.2 Å². The number of aromatic nitrogens is 1. The molecule has 0 aliphatic heterocycles. The van der Waals surface area contributed by atoms with E-state index in [2.05, 4.69) is 4.98 Å². The zero-order chi connectivity index (χ0) is 15.6. The lowest BCUT2D eigenvalue weighted by Gasteiger charge is -2.08. The van der Waals surface area contributed by atoms with E-state index in [1.807, 2.05) is 6.07 Å². The van der Waals surface area contributed by atoms with Gasteiger partial charge >= 0.3 is 5.97 Å². The van der Waals surface area contributed by atoms with E-state index in [9.17, 15) is 9.59 Å². The second-order valence-electron chi connectivity index (χ2n) is 4.74. The number of ether oxygens (including phenoxy) is 1. The zero-order valence-corrected chi connectivity index (χ0v) is 12.9. The van der Waals surface area contributed by atoms with Gasteiger partial charge in [-0.2, -0.15) is 0 Å². The highest BCUT2D eigenvalue weighted by Gasteiger charge is 2.26. The first-order chi connectivity index (χ1) is 10.0. The van der Waals surface area contributed by atoms with Crippen LogP contribution in [-0.4, -0.2) is 23.8 Å². The van der Waals surface area contributed by atoms with Crippen LogP contribution in [0, 0.1) is 13.8 Å². The minimum absolute atomic E-state index is 0.228. The molecule has 0 unspecified atom stereocenters. The number of aromatic amines is 1. The van der Waals surface area contributed by atoms with Gasteiger partial charge in [0.2, 0.25) is 0 Å². The van der Waals surface area contributed by atoms with E-state index >= 15 is 0 Å². The smallest absolute Gasteiger partial charge is 0.340 e. The van der Waals surface area contributed by atoms with Gasteiger partial charge in [-0.1, -0.05) is 24.3 Å². The van der Waals surface area contributed by atoms with Crippen molar-refractivity contribution in [1.29, 1.82) is 0 Å². The molecule has 2 rings (SSSR count). The largest absolute Gasteiger partial charge is 0.465 e. The molecule has 1 heterocycles.